The summed E-state index contributed by atoms with van der Waals surface area (Å²) in [6.07, 6.45) is 0. The number of amidine groups is 1. The summed E-state index contributed by atoms with van der Waals surface area (Å²) in [5, 5.41) is 1.83. The maximum atomic E-state index is 12.8. The van der Waals surface area contributed by atoms with E-state index in [1.54, 1.807) is 11.0 Å². The third-order valence-electron chi connectivity index (χ3n) is 3.50. The van der Waals surface area contributed by atoms with Crippen LogP contribution in [0, 0.1) is 3.57 Å². The van der Waals surface area contributed by atoms with Crippen LogP contribution in [0.2, 0.25) is 10.0 Å². The van der Waals surface area contributed by atoms with Crippen molar-refractivity contribution in [1.82, 2.24) is 4.90 Å². The molecule has 0 aliphatic carbocycles. The number of hydrogen-bond donors (Lipinski definition) is 0. The molecule has 0 aromatic heterocycles. The van der Waals surface area contributed by atoms with Gasteiger partial charge in [-0.15, -0.1) is 0 Å². The van der Waals surface area contributed by atoms with Gasteiger partial charge in [-0.2, -0.15) is 0 Å². The fourth-order valence-corrected chi connectivity index (χ4v) is 4.22. The molecule has 24 heavy (non-hydrogen) atoms. The lowest BCUT2D eigenvalue weighted by Crippen LogP contribution is -2.33. The van der Waals surface area contributed by atoms with Crippen LogP contribution in [-0.4, -0.2) is 29.1 Å². The lowest BCUT2D eigenvalue weighted by atomic mass is 10.2. The van der Waals surface area contributed by atoms with E-state index < -0.39 is 0 Å². The summed E-state index contributed by atoms with van der Waals surface area (Å²) < 4.78 is 0.945. The Bertz CT molecular complexity index is 813. The van der Waals surface area contributed by atoms with Crippen molar-refractivity contribution >= 4 is 68.6 Å². The Morgan fingerprint density at radius 1 is 1.21 bits per heavy atom. The number of benzene rings is 2. The summed E-state index contributed by atoms with van der Waals surface area (Å²) in [5.74, 6) is 0.684. The van der Waals surface area contributed by atoms with Crippen molar-refractivity contribution in [3.8, 4) is 0 Å². The summed E-state index contributed by atoms with van der Waals surface area (Å²) in [4.78, 5) is 19.0. The summed E-state index contributed by atoms with van der Waals surface area (Å²) in [5.41, 5.74) is 1.76. The zero-order chi connectivity index (χ0) is 17.1. The largest absolute Gasteiger partial charge is 0.286 e. The fourth-order valence-electron chi connectivity index (χ4n) is 2.30. The predicted octanol–water partition coefficient (Wildman–Crippen LogP) is 5.34. The van der Waals surface area contributed by atoms with Gasteiger partial charge in [0, 0.05) is 15.9 Å². The normalized spacial score (nSPS) is 14.0. The number of aliphatic imine (C=N–C) groups is 1. The highest BCUT2D eigenvalue weighted by molar-refractivity contribution is 14.1. The highest BCUT2D eigenvalue weighted by Crippen LogP contribution is 2.27. The Morgan fingerprint density at radius 2 is 2.00 bits per heavy atom. The highest BCUT2D eigenvalue weighted by atomic mass is 127. The van der Waals surface area contributed by atoms with Gasteiger partial charge in [-0.3, -0.25) is 14.7 Å². The van der Waals surface area contributed by atoms with Crippen LogP contribution in [0.3, 0.4) is 0 Å². The van der Waals surface area contributed by atoms with Crippen molar-refractivity contribution < 1.29 is 4.79 Å². The van der Waals surface area contributed by atoms with Gasteiger partial charge in [-0.1, -0.05) is 53.2 Å². The minimum absolute atomic E-state index is 0.00196. The predicted molar refractivity (Wildman–Crippen MR) is 110 cm³/mol. The van der Waals surface area contributed by atoms with Gasteiger partial charge in [0.15, 0.2) is 5.17 Å². The Balaban J connectivity index is 1.70. The van der Waals surface area contributed by atoms with Gasteiger partial charge in [-0.25, -0.2) is 0 Å². The second kappa shape index (κ2) is 8.08. The number of rotatable bonds is 3. The molecule has 0 unspecified atom stereocenters. The zero-order valence-corrected chi connectivity index (χ0v) is 17.0. The molecule has 0 radical (unpaired) electrons. The quantitative estimate of drug-likeness (QED) is 0.544. The van der Waals surface area contributed by atoms with Gasteiger partial charge < -0.3 is 0 Å². The first-order valence-corrected chi connectivity index (χ1v) is 10.1. The lowest BCUT2D eigenvalue weighted by Gasteiger charge is -2.18. The third-order valence-corrected chi connectivity index (χ3v) is 6.27. The van der Waals surface area contributed by atoms with Crippen molar-refractivity contribution in [2.75, 3.05) is 13.1 Å². The van der Waals surface area contributed by atoms with E-state index in [-0.39, 0.29) is 5.91 Å². The number of halogens is 3. The van der Waals surface area contributed by atoms with Crippen LogP contribution in [-0.2, 0) is 5.75 Å². The van der Waals surface area contributed by atoms with Crippen LogP contribution >= 0.6 is 57.6 Å². The molecule has 1 heterocycles. The fraction of sp³-hybridized carbons (Fsp3) is 0.176. The Morgan fingerprint density at radius 3 is 2.75 bits per heavy atom. The summed E-state index contributed by atoms with van der Waals surface area (Å²) in [6.45, 7) is 1.26. The molecular weight excluding hydrogens is 478 g/mol. The van der Waals surface area contributed by atoms with Crippen molar-refractivity contribution in [2.24, 2.45) is 4.99 Å². The summed E-state index contributed by atoms with van der Waals surface area (Å²) >= 11 is 15.7. The molecular formula is C17H13Cl2IN2OS. The van der Waals surface area contributed by atoms with Crippen LogP contribution in [0.1, 0.15) is 15.9 Å². The van der Waals surface area contributed by atoms with Crippen molar-refractivity contribution in [1.29, 1.82) is 0 Å². The van der Waals surface area contributed by atoms with Crippen LogP contribution in [0.4, 0.5) is 0 Å². The van der Waals surface area contributed by atoms with E-state index in [1.807, 2.05) is 36.4 Å². The molecule has 2 aromatic rings. The van der Waals surface area contributed by atoms with E-state index in [2.05, 4.69) is 27.6 Å². The molecule has 3 rings (SSSR count). The molecule has 124 valence electrons. The minimum atomic E-state index is -0.00196. The van der Waals surface area contributed by atoms with Crippen LogP contribution in [0.25, 0.3) is 0 Å². The molecule has 0 atom stereocenters. The van der Waals surface area contributed by atoms with Crippen molar-refractivity contribution in [3.05, 3.63) is 67.2 Å². The number of hydrogen-bond acceptors (Lipinski definition) is 3. The highest BCUT2D eigenvalue weighted by Gasteiger charge is 2.26. The Hall–Kier alpha value is -0.760. The number of carbonyl (C=O) groups is 1. The average Bonchev–Trinajstić information content (AvgIpc) is 3.04. The first-order chi connectivity index (χ1) is 11.6. The maximum absolute atomic E-state index is 12.8. The monoisotopic (exact) mass is 490 g/mol. The zero-order valence-electron chi connectivity index (χ0n) is 12.5. The molecule has 0 spiro atoms. The molecule has 3 nitrogen and oxygen atoms in total. The molecule has 1 aliphatic heterocycles. The van der Waals surface area contributed by atoms with Gasteiger partial charge in [0.2, 0.25) is 0 Å². The number of amides is 1. The molecule has 0 N–H and O–H groups in total. The topological polar surface area (TPSA) is 32.7 Å². The number of nitrogens with zero attached hydrogens (tertiary/aromatic N) is 2. The van der Waals surface area contributed by atoms with Gasteiger partial charge in [-0.05, 0) is 52.4 Å². The van der Waals surface area contributed by atoms with Crippen molar-refractivity contribution in [3.63, 3.8) is 0 Å². The average molecular weight is 491 g/mol. The Kier molecular flexibility index (Phi) is 6.07. The van der Waals surface area contributed by atoms with Gasteiger partial charge in [0.05, 0.1) is 22.2 Å². The second-order valence-corrected chi connectivity index (χ2v) is 8.06. The summed E-state index contributed by atoms with van der Waals surface area (Å²) in [7, 11) is 0. The SMILES string of the molecule is O=C(c1ccccc1I)N1CCN=C1SCc1ccc(Cl)c(Cl)c1. The maximum Gasteiger partial charge on any atom is 0.260 e. The molecule has 0 fully saturated rings. The van der Waals surface area contributed by atoms with E-state index >= 15 is 0 Å². The Labute approximate surface area is 168 Å². The number of carbonyl (C=O) groups excluding carboxylic acids is 1. The third kappa shape index (κ3) is 4.07. The van der Waals surface area contributed by atoms with Crippen LogP contribution in [0.5, 0.6) is 0 Å². The molecule has 0 saturated heterocycles. The molecule has 7 heteroatoms. The molecule has 0 bridgehead atoms. The standard InChI is InChI=1S/C17H13Cl2IN2OS/c18-13-6-5-11(9-14(13)19)10-24-17-21-7-8-22(17)16(23)12-3-1-2-4-15(12)20/h1-6,9H,7-8,10H2. The first kappa shape index (κ1) is 18.0. The molecule has 2 aromatic carbocycles. The molecule has 1 aliphatic rings. The van der Waals surface area contributed by atoms with Gasteiger partial charge in [0.1, 0.15) is 0 Å². The number of thioether (sulfide) groups is 1. The minimum Gasteiger partial charge on any atom is -0.286 e. The van der Waals surface area contributed by atoms with E-state index in [0.717, 1.165) is 14.3 Å². The second-order valence-electron chi connectivity index (χ2n) is 5.14. The van der Waals surface area contributed by atoms with Crippen molar-refractivity contribution in [2.45, 2.75) is 5.75 Å². The molecule has 0 saturated carbocycles. The van der Waals surface area contributed by atoms with E-state index in [4.69, 9.17) is 23.2 Å². The van der Waals surface area contributed by atoms with E-state index in [0.29, 0.717) is 34.5 Å². The summed E-state index contributed by atoms with van der Waals surface area (Å²) in [6, 6.07) is 13.2. The lowest BCUT2D eigenvalue weighted by molar-refractivity contribution is 0.0859. The van der Waals surface area contributed by atoms with Gasteiger partial charge >= 0.3 is 0 Å². The van der Waals surface area contributed by atoms with E-state index in [1.165, 1.54) is 11.8 Å². The van der Waals surface area contributed by atoms with Crippen LogP contribution in [0.15, 0.2) is 47.5 Å². The molecule has 1 amide bonds. The smallest absolute Gasteiger partial charge is 0.260 e. The van der Waals surface area contributed by atoms with E-state index in [9.17, 15) is 4.79 Å². The van der Waals surface area contributed by atoms with Crippen LogP contribution < -0.4 is 0 Å². The first-order valence-electron chi connectivity index (χ1n) is 7.24. The van der Waals surface area contributed by atoms with Gasteiger partial charge in [0.25, 0.3) is 5.91 Å².